The second kappa shape index (κ2) is 7.08. The maximum atomic E-state index is 9.84. The Bertz CT molecular complexity index is 431. The molecule has 9 nitrogen and oxygen atoms in total. The van der Waals surface area contributed by atoms with Crippen molar-refractivity contribution in [3.05, 3.63) is 0 Å². The minimum Gasteiger partial charge on any atom is -0.431 e. The van der Waals surface area contributed by atoms with E-state index in [0.717, 1.165) is 0 Å². The first kappa shape index (κ1) is 17.4. The second-order valence-corrected chi connectivity index (χ2v) is 5.36. The summed E-state index contributed by atoms with van der Waals surface area (Å²) < 4.78 is 15.5. The van der Waals surface area contributed by atoms with E-state index in [2.05, 4.69) is 12.0 Å². The van der Waals surface area contributed by atoms with E-state index in [4.69, 9.17) is 19.3 Å². The number of aliphatic hydroxyl groups excluding tert-OH is 6. The normalized spacial score (nSPS) is 44.3. The highest BCUT2D eigenvalue weighted by molar-refractivity contribution is 5.16. The van der Waals surface area contributed by atoms with Gasteiger partial charge in [0.1, 0.15) is 36.6 Å². The summed E-state index contributed by atoms with van der Waals surface area (Å²) in [6, 6.07) is 0. The smallest absolute Gasteiger partial charge is 0.203 e. The van der Waals surface area contributed by atoms with E-state index < -0.39 is 55.4 Å². The van der Waals surface area contributed by atoms with E-state index in [0.29, 0.717) is 0 Å². The summed E-state index contributed by atoms with van der Waals surface area (Å²) in [7, 11) is 0. The van der Waals surface area contributed by atoms with Gasteiger partial charge in [-0.05, 0) is 5.92 Å². The van der Waals surface area contributed by atoms with Crippen molar-refractivity contribution in [1.29, 1.82) is 0 Å². The van der Waals surface area contributed by atoms with Gasteiger partial charge in [-0.25, -0.2) is 0 Å². The molecular weight excluding hydrogens is 300 g/mol. The van der Waals surface area contributed by atoms with Crippen LogP contribution in [0.1, 0.15) is 0 Å². The zero-order valence-corrected chi connectivity index (χ0v) is 11.7. The minimum atomic E-state index is -1.48. The quantitative estimate of drug-likeness (QED) is 0.269. The second-order valence-electron chi connectivity index (χ2n) is 5.36. The highest BCUT2D eigenvalue weighted by Gasteiger charge is 2.45. The molecule has 0 radical (unpaired) electrons. The molecule has 126 valence electrons. The van der Waals surface area contributed by atoms with Crippen molar-refractivity contribution in [2.75, 3.05) is 26.4 Å². The maximum absolute atomic E-state index is 9.84. The van der Waals surface area contributed by atoms with Crippen molar-refractivity contribution >= 4 is 0 Å². The van der Waals surface area contributed by atoms with Crippen LogP contribution >= 0.6 is 0 Å². The minimum absolute atomic E-state index is 0.209. The molecule has 1 saturated heterocycles. The fourth-order valence-electron chi connectivity index (χ4n) is 2.31. The Morgan fingerprint density at radius 3 is 2.23 bits per heavy atom. The van der Waals surface area contributed by atoms with Crippen molar-refractivity contribution in [3.8, 4) is 12.0 Å². The Kier molecular flexibility index (Phi) is 5.60. The Balaban J connectivity index is 1.88. The SMILES string of the molecule is OCC1OC(COCC2(CO)OC#CC2O)C(O)C(O)C1O. The van der Waals surface area contributed by atoms with Gasteiger partial charge in [-0.3, -0.25) is 0 Å². The summed E-state index contributed by atoms with van der Waals surface area (Å²) >= 11 is 0. The summed E-state index contributed by atoms with van der Waals surface area (Å²) in [5, 5.41) is 57.2. The Hall–Kier alpha value is -0.960. The van der Waals surface area contributed by atoms with E-state index in [9.17, 15) is 25.5 Å². The first-order valence-corrected chi connectivity index (χ1v) is 6.81. The molecule has 2 rings (SSSR count). The molecule has 22 heavy (non-hydrogen) atoms. The van der Waals surface area contributed by atoms with Gasteiger partial charge in [0, 0.05) is 0 Å². The van der Waals surface area contributed by atoms with Gasteiger partial charge in [-0.2, -0.15) is 0 Å². The van der Waals surface area contributed by atoms with Crippen molar-refractivity contribution in [2.45, 2.75) is 42.2 Å². The lowest BCUT2D eigenvalue weighted by Crippen LogP contribution is -2.60. The van der Waals surface area contributed by atoms with Gasteiger partial charge < -0.3 is 44.8 Å². The predicted octanol–water partition coefficient (Wildman–Crippen LogP) is -4.07. The summed E-state index contributed by atoms with van der Waals surface area (Å²) in [5.74, 6) is 2.34. The van der Waals surface area contributed by atoms with Crippen LogP contribution in [0.25, 0.3) is 0 Å². The topological polar surface area (TPSA) is 149 Å². The number of aliphatic hydroxyl groups is 6. The van der Waals surface area contributed by atoms with Crippen LogP contribution in [-0.4, -0.2) is 99.3 Å². The first-order chi connectivity index (χ1) is 10.4. The molecule has 2 aliphatic heterocycles. The lowest BCUT2D eigenvalue weighted by atomic mass is 9.95. The lowest BCUT2D eigenvalue weighted by molar-refractivity contribution is -0.242. The molecule has 2 aliphatic rings. The standard InChI is InChI=1S/C13H20O9/c14-3-7-10(17)12(19)11(18)8(22-7)4-20-6-13(5-15)9(16)1-2-21-13/h7-12,14-19H,3-6H2. The number of ether oxygens (including phenoxy) is 3. The van der Waals surface area contributed by atoms with E-state index in [1.165, 1.54) is 0 Å². The van der Waals surface area contributed by atoms with Gasteiger partial charge in [0.05, 0.1) is 26.4 Å². The molecular formula is C13H20O9. The fraction of sp³-hybridized carbons (Fsp3) is 0.846. The highest BCUT2D eigenvalue weighted by atomic mass is 16.6. The van der Waals surface area contributed by atoms with Gasteiger partial charge in [0.2, 0.25) is 5.60 Å². The monoisotopic (exact) mass is 320 g/mol. The molecule has 0 aromatic rings. The van der Waals surface area contributed by atoms with Gasteiger partial charge in [0.15, 0.2) is 6.10 Å². The molecule has 6 N–H and O–H groups in total. The van der Waals surface area contributed by atoms with Gasteiger partial charge in [-0.15, -0.1) is 0 Å². The first-order valence-electron chi connectivity index (χ1n) is 6.81. The van der Waals surface area contributed by atoms with Crippen LogP contribution in [-0.2, 0) is 14.2 Å². The number of hydrogen-bond donors (Lipinski definition) is 6. The molecule has 0 saturated carbocycles. The molecule has 2 heterocycles. The molecule has 9 heteroatoms. The summed E-state index contributed by atoms with van der Waals surface area (Å²) in [5.41, 5.74) is -1.42. The number of hydrogen-bond acceptors (Lipinski definition) is 9. The van der Waals surface area contributed by atoms with Crippen molar-refractivity contribution in [2.24, 2.45) is 0 Å². The summed E-state index contributed by atoms with van der Waals surface area (Å²) in [6.07, 6.45) is -5.34. The molecule has 0 aliphatic carbocycles. The van der Waals surface area contributed by atoms with Crippen LogP contribution in [0.15, 0.2) is 0 Å². The van der Waals surface area contributed by atoms with Crippen LogP contribution in [0.4, 0.5) is 0 Å². The average Bonchev–Trinajstić information content (AvgIpc) is 2.88. The Morgan fingerprint density at radius 2 is 1.68 bits per heavy atom. The van der Waals surface area contributed by atoms with Crippen LogP contribution in [0.3, 0.4) is 0 Å². The third-order valence-corrected chi connectivity index (χ3v) is 3.84. The predicted molar refractivity (Wildman–Crippen MR) is 69.3 cm³/mol. The van der Waals surface area contributed by atoms with E-state index in [1.807, 2.05) is 0 Å². The molecule has 7 unspecified atom stereocenters. The van der Waals surface area contributed by atoms with Crippen molar-refractivity contribution in [1.82, 2.24) is 0 Å². The molecule has 1 fully saturated rings. The van der Waals surface area contributed by atoms with E-state index in [-0.39, 0.29) is 13.2 Å². The van der Waals surface area contributed by atoms with E-state index >= 15 is 0 Å². The summed E-state index contributed by atoms with van der Waals surface area (Å²) in [4.78, 5) is 0. The van der Waals surface area contributed by atoms with Crippen molar-refractivity contribution < 1.29 is 44.8 Å². The number of rotatable bonds is 6. The molecule has 0 aromatic heterocycles. The molecule has 0 amide bonds. The Labute approximate surface area is 126 Å². The third-order valence-electron chi connectivity index (χ3n) is 3.84. The van der Waals surface area contributed by atoms with Crippen LogP contribution < -0.4 is 0 Å². The lowest BCUT2D eigenvalue weighted by Gasteiger charge is -2.40. The molecule has 0 spiro atoms. The van der Waals surface area contributed by atoms with Crippen LogP contribution in [0.2, 0.25) is 0 Å². The van der Waals surface area contributed by atoms with Gasteiger partial charge in [-0.1, -0.05) is 0 Å². The summed E-state index contributed by atoms with van der Waals surface area (Å²) in [6.45, 7) is -1.51. The van der Waals surface area contributed by atoms with Crippen LogP contribution in [0.5, 0.6) is 0 Å². The molecule has 0 aromatic carbocycles. The average molecular weight is 320 g/mol. The maximum Gasteiger partial charge on any atom is 0.203 e. The zero-order chi connectivity index (χ0) is 16.3. The van der Waals surface area contributed by atoms with Crippen molar-refractivity contribution in [3.63, 3.8) is 0 Å². The van der Waals surface area contributed by atoms with Gasteiger partial charge in [0.25, 0.3) is 0 Å². The molecule has 7 atom stereocenters. The molecule has 0 bridgehead atoms. The fourth-order valence-corrected chi connectivity index (χ4v) is 2.31. The third kappa shape index (κ3) is 3.19. The Morgan fingerprint density at radius 1 is 1.00 bits per heavy atom. The van der Waals surface area contributed by atoms with Gasteiger partial charge >= 0.3 is 0 Å². The zero-order valence-electron chi connectivity index (χ0n) is 11.7. The largest absolute Gasteiger partial charge is 0.431 e. The van der Waals surface area contributed by atoms with E-state index in [1.54, 1.807) is 0 Å². The van der Waals surface area contributed by atoms with Crippen LogP contribution in [0, 0.1) is 12.0 Å². The highest BCUT2D eigenvalue weighted by Crippen LogP contribution is 2.23.